The van der Waals surface area contributed by atoms with Crippen molar-refractivity contribution in [1.29, 1.82) is 0 Å². The molecular weight excluding hydrogens is 324 g/mol. The molecule has 26 heavy (non-hydrogen) atoms. The van der Waals surface area contributed by atoms with Crippen LogP contribution in [-0.4, -0.2) is 58.7 Å². The molecule has 4 rings (SSSR count). The zero-order valence-corrected chi connectivity index (χ0v) is 15.7. The lowest BCUT2D eigenvalue weighted by atomic mass is 9.89. The molecule has 0 spiro atoms. The Labute approximate surface area is 156 Å². The summed E-state index contributed by atoms with van der Waals surface area (Å²) in [5, 5.41) is 0. The van der Waals surface area contributed by atoms with Gasteiger partial charge in [-0.15, -0.1) is 0 Å². The number of piperidine rings is 1. The first kappa shape index (κ1) is 17.6. The Hall–Kier alpha value is -1.82. The average Bonchev–Trinajstić information content (AvgIpc) is 3.07. The van der Waals surface area contributed by atoms with E-state index in [1.54, 1.807) is 0 Å². The summed E-state index contributed by atoms with van der Waals surface area (Å²) < 4.78 is 5.84. The van der Waals surface area contributed by atoms with Gasteiger partial charge in [-0.05, 0) is 43.2 Å². The molecule has 5 nitrogen and oxygen atoms in total. The normalized spacial score (nSPS) is 26.8. The number of hydrogen-bond donors (Lipinski definition) is 0. The van der Waals surface area contributed by atoms with Crippen molar-refractivity contribution in [3.05, 3.63) is 59.7 Å². The van der Waals surface area contributed by atoms with Crippen LogP contribution in [0, 0.1) is 12.8 Å². The zero-order chi connectivity index (χ0) is 17.9. The predicted octanol–water partition coefficient (Wildman–Crippen LogP) is 2.51. The lowest BCUT2D eigenvalue weighted by Gasteiger charge is -2.41. The second kappa shape index (κ2) is 7.82. The first-order valence-electron chi connectivity index (χ1n) is 9.53. The minimum absolute atomic E-state index is 0.365. The van der Waals surface area contributed by atoms with Crippen LogP contribution >= 0.6 is 0 Å². The van der Waals surface area contributed by atoms with Gasteiger partial charge in [-0.3, -0.25) is 19.8 Å². The maximum absolute atomic E-state index is 5.84. The molecule has 0 aliphatic carbocycles. The fraction of sp³-hybridized carbons (Fsp3) is 0.524. The summed E-state index contributed by atoms with van der Waals surface area (Å²) in [5.41, 5.74) is 3.60. The molecule has 5 heteroatoms. The molecule has 0 radical (unpaired) electrons. The summed E-state index contributed by atoms with van der Waals surface area (Å²) in [6.07, 6.45) is 5.23. The highest BCUT2D eigenvalue weighted by atomic mass is 16.5. The van der Waals surface area contributed by atoms with Gasteiger partial charge >= 0.3 is 0 Å². The number of pyridine rings is 2. The van der Waals surface area contributed by atoms with Crippen LogP contribution < -0.4 is 0 Å². The molecule has 4 heterocycles. The first-order chi connectivity index (χ1) is 12.7. The van der Waals surface area contributed by atoms with E-state index in [2.05, 4.69) is 52.0 Å². The van der Waals surface area contributed by atoms with E-state index < -0.39 is 0 Å². The summed E-state index contributed by atoms with van der Waals surface area (Å²) in [6.45, 7) is 7.26. The van der Waals surface area contributed by atoms with Crippen LogP contribution in [0.2, 0.25) is 0 Å². The molecule has 0 unspecified atom stereocenters. The number of fused-ring (bicyclic) bond motifs is 1. The number of hydrogen-bond acceptors (Lipinski definition) is 5. The standard InChI is InChI=1S/C21H28N4O/c1-16-4-3-5-18(23-16)13-25-11-8-21(26-2)19-14-24(15-20(19)25)12-17-6-9-22-10-7-17/h3-7,9-10,19-21H,8,11-15H2,1-2H3/t19-,20+,21-/m0/s1. The zero-order valence-electron chi connectivity index (χ0n) is 15.7. The van der Waals surface area contributed by atoms with Crippen molar-refractivity contribution in [2.24, 2.45) is 5.92 Å². The number of rotatable bonds is 5. The van der Waals surface area contributed by atoms with Crippen molar-refractivity contribution < 1.29 is 4.74 Å². The second-order valence-electron chi connectivity index (χ2n) is 7.58. The predicted molar refractivity (Wildman–Crippen MR) is 102 cm³/mol. The minimum atomic E-state index is 0.365. The average molecular weight is 352 g/mol. The van der Waals surface area contributed by atoms with Gasteiger partial charge in [0.2, 0.25) is 0 Å². The van der Waals surface area contributed by atoms with Crippen LogP contribution in [0.1, 0.15) is 23.4 Å². The third kappa shape index (κ3) is 3.80. The van der Waals surface area contributed by atoms with E-state index in [0.29, 0.717) is 18.1 Å². The van der Waals surface area contributed by atoms with Crippen molar-refractivity contribution in [3.63, 3.8) is 0 Å². The van der Waals surface area contributed by atoms with Crippen molar-refractivity contribution in [3.8, 4) is 0 Å². The van der Waals surface area contributed by atoms with E-state index in [9.17, 15) is 0 Å². The molecule has 2 aliphatic rings. The molecule has 138 valence electrons. The number of methoxy groups -OCH3 is 1. The lowest BCUT2D eigenvalue weighted by Crippen LogP contribution is -2.50. The largest absolute Gasteiger partial charge is 0.381 e. The van der Waals surface area contributed by atoms with Gasteiger partial charge in [-0.1, -0.05) is 6.07 Å². The number of aromatic nitrogens is 2. The van der Waals surface area contributed by atoms with Crippen LogP contribution in [0.5, 0.6) is 0 Å². The Bertz CT molecular complexity index is 723. The van der Waals surface area contributed by atoms with E-state index in [4.69, 9.17) is 9.72 Å². The maximum Gasteiger partial charge on any atom is 0.0639 e. The van der Waals surface area contributed by atoms with Crippen LogP contribution in [0.3, 0.4) is 0 Å². The topological polar surface area (TPSA) is 41.5 Å². The molecule has 0 saturated carbocycles. The van der Waals surface area contributed by atoms with Crippen LogP contribution in [0.25, 0.3) is 0 Å². The molecular formula is C21H28N4O. The highest BCUT2D eigenvalue weighted by molar-refractivity contribution is 5.12. The molecule has 0 bridgehead atoms. The molecule has 2 aromatic rings. The third-order valence-electron chi connectivity index (χ3n) is 5.83. The van der Waals surface area contributed by atoms with E-state index >= 15 is 0 Å². The molecule has 2 aliphatic heterocycles. The Kier molecular flexibility index (Phi) is 5.29. The van der Waals surface area contributed by atoms with Crippen LogP contribution in [0.15, 0.2) is 42.7 Å². The lowest BCUT2D eigenvalue weighted by molar-refractivity contribution is -0.0248. The van der Waals surface area contributed by atoms with Crippen molar-refractivity contribution in [1.82, 2.24) is 19.8 Å². The van der Waals surface area contributed by atoms with Crippen LogP contribution in [0.4, 0.5) is 0 Å². The fourth-order valence-corrected chi connectivity index (χ4v) is 4.58. The summed E-state index contributed by atoms with van der Waals surface area (Å²) in [5.74, 6) is 0.570. The highest BCUT2D eigenvalue weighted by Crippen LogP contribution is 2.33. The number of likely N-dealkylation sites (tertiary alicyclic amines) is 2. The number of aryl methyl sites for hydroxylation is 1. The molecule has 0 aromatic carbocycles. The fourth-order valence-electron chi connectivity index (χ4n) is 4.58. The summed E-state index contributed by atoms with van der Waals surface area (Å²) in [7, 11) is 1.87. The van der Waals surface area contributed by atoms with E-state index in [0.717, 1.165) is 44.8 Å². The molecule has 0 N–H and O–H groups in total. The van der Waals surface area contributed by atoms with E-state index in [1.807, 2.05) is 19.5 Å². The summed E-state index contributed by atoms with van der Waals surface area (Å²) >= 11 is 0. The van der Waals surface area contributed by atoms with Gasteiger partial charge in [0.1, 0.15) is 0 Å². The van der Waals surface area contributed by atoms with Gasteiger partial charge in [0.05, 0.1) is 11.8 Å². The van der Waals surface area contributed by atoms with E-state index in [-0.39, 0.29) is 0 Å². The van der Waals surface area contributed by atoms with Crippen molar-refractivity contribution in [2.75, 3.05) is 26.7 Å². The second-order valence-corrected chi connectivity index (χ2v) is 7.58. The van der Waals surface area contributed by atoms with Gasteiger partial charge in [0, 0.05) is 69.9 Å². The highest BCUT2D eigenvalue weighted by Gasteiger charge is 2.44. The quantitative estimate of drug-likeness (QED) is 0.827. The Morgan fingerprint density at radius 2 is 1.96 bits per heavy atom. The number of nitrogens with zero attached hydrogens (tertiary/aromatic N) is 4. The van der Waals surface area contributed by atoms with Gasteiger partial charge in [-0.25, -0.2) is 0 Å². The first-order valence-corrected chi connectivity index (χ1v) is 9.53. The van der Waals surface area contributed by atoms with Gasteiger partial charge in [-0.2, -0.15) is 0 Å². The van der Waals surface area contributed by atoms with Crippen molar-refractivity contribution >= 4 is 0 Å². The van der Waals surface area contributed by atoms with Gasteiger partial charge in [0.15, 0.2) is 0 Å². The maximum atomic E-state index is 5.84. The minimum Gasteiger partial charge on any atom is -0.381 e. The number of ether oxygens (including phenoxy) is 1. The smallest absolute Gasteiger partial charge is 0.0639 e. The Morgan fingerprint density at radius 3 is 2.73 bits per heavy atom. The third-order valence-corrected chi connectivity index (χ3v) is 5.83. The molecule has 2 fully saturated rings. The van der Waals surface area contributed by atoms with E-state index in [1.165, 1.54) is 11.3 Å². The molecule has 2 aromatic heterocycles. The Balaban J connectivity index is 1.48. The van der Waals surface area contributed by atoms with Gasteiger partial charge in [0.25, 0.3) is 0 Å². The summed E-state index contributed by atoms with van der Waals surface area (Å²) in [6, 6.07) is 11.1. The van der Waals surface area contributed by atoms with Crippen LogP contribution in [-0.2, 0) is 17.8 Å². The molecule has 0 amide bonds. The molecule has 2 saturated heterocycles. The Morgan fingerprint density at radius 1 is 1.12 bits per heavy atom. The monoisotopic (exact) mass is 352 g/mol. The van der Waals surface area contributed by atoms with Gasteiger partial charge < -0.3 is 4.74 Å². The van der Waals surface area contributed by atoms with Crippen molar-refractivity contribution in [2.45, 2.75) is 38.6 Å². The SMILES string of the molecule is CO[C@H]1CCN(Cc2cccc(C)n2)[C@@H]2CN(Cc3ccncc3)C[C@H]12. The molecule has 3 atom stereocenters. The summed E-state index contributed by atoms with van der Waals surface area (Å²) in [4.78, 5) is 14.0.